The lowest BCUT2D eigenvalue weighted by molar-refractivity contribution is -0.135. The number of phenolic OH excluding ortho intramolecular Hbond substituents is 1. The van der Waals surface area contributed by atoms with Crippen LogP contribution in [0.1, 0.15) is 36.4 Å². The van der Waals surface area contributed by atoms with Gasteiger partial charge in [-0.3, -0.25) is 33.8 Å². The quantitative estimate of drug-likeness (QED) is 0.130. The molecule has 52 heavy (non-hydrogen) atoms. The Balaban J connectivity index is 0.829. The van der Waals surface area contributed by atoms with Gasteiger partial charge >= 0.3 is 5.69 Å². The van der Waals surface area contributed by atoms with Crippen molar-refractivity contribution in [2.75, 3.05) is 51.7 Å². The number of aromatic nitrogens is 4. The van der Waals surface area contributed by atoms with Gasteiger partial charge in [-0.15, -0.1) is 10.2 Å². The van der Waals surface area contributed by atoms with Crippen LogP contribution in [0.4, 0.5) is 5.82 Å². The molecule has 5 aromatic rings. The standard InChI is InChI=1S/C39H44N8O5/c1-44-34-23-26(10-13-32(34)47(39(44)51)33-14-15-36(49)41-38(33)50)5-4-21-52-22-20-45-16-18-46(19-17-45)25-27-8-11-28(12-9-27)30-24-31(42-43-37(30)40)29-6-2-3-7-35(29)48/h2-3,6-13,23-24,33,48H,4-5,14-22,25H2,1H3,(H2,40,43)(H,41,49,50). The Morgan fingerprint density at radius 1 is 0.865 bits per heavy atom. The van der Waals surface area contributed by atoms with Crippen LogP contribution < -0.4 is 16.7 Å². The number of anilines is 1. The van der Waals surface area contributed by atoms with Crippen molar-refractivity contribution >= 4 is 28.7 Å². The fraction of sp³-hybridized carbons (Fsp3) is 0.359. The Kier molecular flexibility index (Phi) is 10.4. The molecule has 0 aliphatic carbocycles. The fourth-order valence-corrected chi connectivity index (χ4v) is 7.14. The van der Waals surface area contributed by atoms with Crippen molar-refractivity contribution in [2.24, 2.45) is 7.05 Å². The normalized spacial score (nSPS) is 17.1. The predicted octanol–water partition coefficient (Wildman–Crippen LogP) is 3.50. The molecule has 7 rings (SSSR count). The number of hydrogen-bond donors (Lipinski definition) is 3. The van der Waals surface area contributed by atoms with Crippen molar-refractivity contribution in [3.05, 3.63) is 94.4 Å². The number of carbonyl (C=O) groups excluding carboxylic acids is 2. The number of imide groups is 1. The molecule has 0 spiro atoms. The summed E-state index contributed by atoms with van der Waals surface area (Å²) in [4.78, 5) is 42.0. The molecule has 3 aromatic carbocycles. The van der Waals surface area contributed by atoms with Gasteiger partial charge in [0.1, 0.15) is 11.8 Å². The van der Waals surface area contributed by atoms with Crippen molar-refractivity contribution in [3.63, 3.8) is 0 Å². The van der Waals surface area contributed by atoms with Gasteiger partial charge in [-0.2, -0.15) is 0 Å². The molecule has 1 unspecified atom stereocenters. The molecule has 2 aliphatic heterocycles. The fourth-order valence-electron chi connectivity index (χ4n) is 7.14. The average molecular weight is 705 g/mol. The zero-order valence-electron chi connectivity index (χ0n) is 29.3. The van der Waals surface area contributed by atoms with Gasteiger partial charge < -0.3 is 15.6 Å². The molecule has 0 saturated carbocycles. The van der Waals surface area contributed by atoms with Crippen molar-refractivity contribution in [1.29, 1.82) is 0 Å². The highest BCUT2D eigenvalue weighted by atomic mass is 16.5. The lowest BCUT2D eigenvalue weighted by Gasteiger charge is -2.34. The van der Waals surface area contributed by atoms with Crippen LogP contribution in [-0.2, 0) is 34.3 Å². The first-order valence-electron chi connectivity index (χ1n) is 17.8. The number of imidazole rings is 1. The number of amides is 2. The number of hydrogen-bond acceptors (Lipinski definition) is 10. The number of nitrogens with two attached hydrogens (primary N) is 1. The summed E-state index contributed by atoms with van der Waals surface area (Å²) in [7, 11) is 1.71. The van der Waals surface area contributed by atoms with Gasteiger partial charge in [0.25, 0.3) is 0 Å². The van der Waals surface area contributed by atoms with Gasteiger partial charge in [0.05, 0.1) is 23.3 Å². The second-order valence-electron chi connectivity index (χ2n) is 13.6. The molecule has 0 radical (unpaired) electrons. The number of fused-ring (bicyclic) bond motifs is 1. The molecule has 4 N–H and O–H groups in total. The van der Waals surface area contributed by atoms with Crippen molar-refractivity contribution in [1.82, 2.24) is 34.4 Å². The van der Waals surface area contributed by atoms with E-state index >= 15 is 0 Å². The van der Waals surface area contributed by atoms with Crippen LogP contribution in [0.25, 0.3) is 33.4 Å². The molecule has 13 nitrogen and oxygen atoms in total. The van der Waals surface area contributed by atoms with Crippen LogP contribution in [-0.4, -0.2) is 92.0 Å². The van der Waals surface area contributed by atoms with Gasteiger partial charge in [-0.05, 0) is 66.3 Å². The number of aryl methyl sites for hydroxylation is 2. The Morgan fingerprint density at radius 3 is 2.38 bits per heavy atom. The third-order valence-electron chi connectivity index (χ3n) is 10.1. The number of piperazine rings is 1. The van der Waals surface area contributed by atoms with Gasteiger partial charge in [-0.25, -0.2) is 4.79 Å². The summed E-state index contributed by atoms with van der Waals surface area (Å²) in [5.74, 6) is -0.229. The lowest BCUT2D eigenvalue weighted by Crippen LogP contribution is -2.46. The topological polar surface area (TPSA) is 161 Å². The van der Waals surface area contributed by atoms with E-state index in [1.165, 1.54) is 10.1 Å². The number of ether oxygens (including phenoxy) is 1. The molecule has 2 saturated heterocycles. The van der Waals surface area contributed by atoms with Crippen LogP contribution in [0.3, 0.4) is 0 Å². The molecule has 2 fully saturated rings. The zero-order chi connectivity index (χ0) is 36.2. The largest absolute Gasteiger partial charge is 0.507 e. The molecule has 2 aromatic heterocycles. The van der Waals surface area contributed by atoms with Crippen molar-refractivity contribution in [2.45, 2.75) is 38.3 Å². The maximum absolute atomic E-state index is 13.0. The average Bonchev–Trinajstić information content (AvgIpc) is 3.39. The predicted molar refractivity (Wildman–Crippen MR) is 198 cm³/mol. The minimum atomic E-state index is -0.681. The number of benzene rings is 3. The van der Waals surface area contributed by atoms with Crippen LogP contribution in [0.15, 0.2) is 77.6 Å². The summed E-state index contributed by atoms with van der Waals surface area (Å²) in [5.41, 5.74) is 12.7. The molecule has 2 aliphatic rings. The van der Waals surface area contributed by atoms with Crippen molar-refractivity contribution in [3.8, 4) is 28.1 Å². The van der Waals surface area contributed by atoms with E-state index in [4.69, 9.17) is 10.5 Å². The monoisotopic (exact) mass is 704 g/mol. The molecule has 270 valence electrons. The van der Waals surface area contributed by atoms with Crippen molar-refractivity contribution < 1.29 is 19.4 Å². The molecule has 4 heterocycles. The highest BCUT2D eigenvalue weighted by Crippen LogP contribution is 2.32. The van der Waals surface area contributed by atoms with E-state index in [1.54, 1.807) is 29.8 Å². The van der Waals surface area contributed by atoms with E-state index in [0.29, 0.717) is 42.2 Å². The molecule has 0 bridgehead atoms. The van der Waals surface area contributed by atoms with Crippen LogP contribution >= 0.6 is 0 Å². The SMILES string of the molecule is Cn1c(=O)n(C2CCC(=O)NC2=O)c2ccc(CCCOCCN3CCN(Cc4ccc(-c5cc(-c6ccccc6O)nnc5N)cc4)CC3)cc21. The van der Waals surface area contributed by atoms with Crippen LogP contribution in [0, 0.1) is 0 Å². The minimum absolute atomic E-state index is 0.149. The third kappa shape index (κ3) is 7.61. The smallest absolute Gasteiger partial charge is 0.329 e. The van der Waals surface area contributed by atoms with Gasteiger partial charge in [0.2, 0.25) is 11.8 Å². The first-order chi connectivity index (χ1) is 25.2. The number of rotatable bonds is 12. The second-order valence-corrected chi connectivity index (χ2v) is 13.6. The number of nitrogen functional groups attached to an aromatic ring is 1. The Morgan fingerprint density at radius 2 is 1.62 bits per heavy atom. The summed E-state index contributed by atoms with van der Waals surface area (Å²) in [6, 6.07) is 22.5. The number of phenols is 1. The Hall–Kier alpha value is -5.37. The Bertz CT molecular complexity index is 2140. The second kappa shape index (κ2) is 15.5. The molecular formula is C39H44N8O5. The minimum Gasteiger partial charge on any atom is -0.507 e. The summed E-state index contributed by atoms with van der Waals surface area (Å²) < 4.78 is 9.07. The number of carbonyl (C=O) groups is 2. The number of piperidine rings is 1. The highest BCUT2D eigenvalue weighted by molar-refractivity contribution is 6.00. The Labute approximate surface area is 301 Å². The van der Waals surface area contributed by atoms with Crippen LogP contribution in [0.5, 0.6) is 5.75 Å². The summed E-state index contributed by atoms with van der Waals surface area (Å²) in [6.07, 6.45) is 2.22. The van der Waals surface area contributed by atoms with E-state index in [2.05, 4.69) is 49.6 Å². The summed E-state index contributed by atoms with van der Waals surface area (Å²) in [6.45, 7) is 7.07. The molecule has 1 atom stereocenters. The maximum atomic E-state index is 13.0. The van der Waals surface area contributed by atoms with Gasteiger partial charge in [-0.1, -0.05) is 42.5 Å². The lowest BCUT2D eigenvalue weighted by atomic mass is 10.0. The number of nitrogens with zero attached hydrogens (tertiary/aromatic N) is 6. The van der Waals surface area contributed by atoms with Crippen LogP contribution in [0.2, 0.25) is 0 Å². The van der Waals surface area contributed by atoms with Gasteiger partial charge in [0.15, 0.2) is 5.82 Å². The number of nitrogens with one attached hydrogen (secondary N) is 1. The molecular weight excluding hydrogens is 660 g/mol. The first kappa shape index (κ1) is 35.1. The third-order valence-corrected chi connectivity index (χ3v) is 10.1. The first-order valence-corrected chi connectivity index (χ1v) is 17.8. The highest BCUT2D eigenvalue weighted by Gasteiger charge is 2.31. The summed E-state index contributed by atoms with van der Waals surface area (Å²) >= 11 is 0. The van der Waals surface area contributed by atoms with E-state index in [-0.39, 0.29) is 23.8 Å². The molecule has 2 amide bonds. The molecule has 13 heteroatoms. The van der Waals surface area contributed by atoms with E-state index in [1.807, 2.05) is 30.3 Å². The number of para-hydroxylation sites is 1. The maximum Gasteiger partial charge on any atom is 0.329 e. The van der Waals surface area contributed by atoms with Gasteiger partial charge in [0, 0.05) is 70.5 Å². The number of aromatic hydroxyl groups is 1. The van der Waals surface area contributed by atoms with E-state index in [9.17, 15) is 19.5 Å². The van der Waals surface area contributed by atoms with E-state index < -0.39 is 11.9 Å². The summed E-state index contributed by atoms with van der Waals surface area (Å²) in [5, 5.41) is 20.9. The van der Waals surface area contributed by atoms with E-state index in [0.717, 1.165) is 74.3 Å². The zero-order valence-corrected chi connectivity index (χ0v) is 29.3.